The van der Waals surface area contributed by atoms with Crippen molar-refractivity contribution in [2.75, 3.05) is 6.61 Å². The molecule has 15 heavy (non-hydrogen) atoms. The lowest BCUT2D eigenvalue weighted by atomic mass is 10.2. The summed E-state index contributed by atoms with van der Waals surface area (Å²) in [6, 6.07) is 4.71. The maximum Gasteiger partial charge on any atom is 0.311 e. The second-order valence-corrected chi connectivity index (χ2v) is 3.34. The average molecular weight is 211 g/mol. The molecule has 0 aliphatic heterocycles. The van der Waals surface area contributed by atoms with Gasteiger partial charge in [0, 0.05) is 6.07 Å². The Morgan fingerprint density at radius 1 is 1.60 bits per heavy atom. The predicted molar refractivity (Wildman–Crippen MR) is 55.0 cm³/mol. The van der Waals surface area contributed by atoms with Gasteiger partial charge in [-0.05, 0) is 19.4 Å². The molecule has 82 valence electrons. The van der Waals surface area contributed by atoms with Crippen LogP contribution >= 0.6 is 0 Å². The molecule has 1 aromatic carbocycles. The first kappa shape index (κ1) is 11.5. The Morgan fingerprint density at radius 3 is 2.80 bits per heavy atom. The zero-order valence-electron chi connectivity index (χ0n) is 8.64. The van der Waals surface area contributed by atoms with Gasteiger partial charge in [-0.15, -0.1) is 0 Å². The van der Waals surface area contributed by atoms with Crippen molar-refractivity contribution in [1.29, 1.82) is 0 Å². The summed E-state index contributed by atoms with van der Waals surface area (Å²) < 4.78 is 5.20. The molecule has 0 aromatic heterocycles. The molecule has 0 saturated heterocycles. The lowest BCUT2D eigenvalue weighted by Gasteiger charge is -2.10. The van der Waals surface area contributed by atoms with Crippen LogP contribution < -0.4 is 4.74 Å². The maximum absolute atomic E-state index is 10.7. The Morgan fingerprint density at radius 2 is 2.27 bits per heavy atom. The molecule has 1 N–H and O–H groups in total. The summed E-state index contributed by atoms with van der Waals surface area (Å²) in [4.78, 5) is 10.2. The molecular weight excluding hydrogens is 198 g/mol. The number of nitro groups is 1. The van der Waals surface area contributed by atoms with Crippen LogP contribution in [0.3, 0.4) is 0 Å². The summed E-state index contributed by atoms with van der Waals surface area (Å²) in [6.45, 7) is 3.33. The highest BCUT2D eigenvalue weighted by Gasteiger charge is 2.17. The number of rotatable bonds is 4. The van der Waals surface area contributed by atoms with Gasteiger partial charge in [0.1, 0.15) is 6.61 Å². The van der Waals surface area contributed by atoms with Crippen molar-refractivity contribution in [2.24, 2.45) is 0 Å². The molecule has 0 saturated carbocycles. The molecule has 0 radical (unpaired) electrons. The molecule has 0 unspecified atom stereocenters. The van der Waals surface area contributed by atoms with Crippen LogP contribution in [0.15, 0.2) is 18.2 Å². The minimum atomic E-state index is -0.649. The third-order valence-corrected chi connectivity index (χ3v) is 1.86. The summed E-state index contributed by atoms with van der Waals surface area (Å²) in [5.74, 6) is 0.225. The third kappa shape index (κ3) is 2.92. The van der Waals surface area contributed by atoms with Crippen LogP contribution in [0.25, 0.3) is 0 Å². The molecule has 0 amide bonds. The highest BCUT2D eigenvalue weighted by atomic mass is 16.6. The van der Waals surface area contributed by atoms with E-state index in [4.69, 9.17) is 9.84 Å². The SMILES string of the molecule is Cc1cccc([N+](=O)[O-])c1OC[C@@H](C)O. The Hall–Kier alpha value is -1.62. The van der Waals surface area contributed by atoms with Crippen molar-refractivity contribution in [3.63, 3.8) is 0 Å². The summed E-state index contributed by atoms with van der Waals surface area (Å²) in [7, 11) is 0. The van der Waals surface area contributed by atoms with Gasteiger partial charge >= 0.3 is 5.69 Å². The monoisotopic (exact) mass is 211 g/mol. The number of nitro benzene ring substituents is 1. The van der Waals surface area contributed by atoms with Crippen molar-refractivity contribution in [3.8, 4) is 5.75 Å². The topological polar surface area (TPSA) is 72.6 Å². The summed E-state index contributed by atoms with van der Waals surface area (Å²) in [5.41, 5.74) is 0.612. The summed E-state index contributed by atoms with van der Waals surface area (Å²) in [5, 5.41) is 19.7. The fraction of sp³-hybridized carbons (Fsp3) is 0.400. The van der Waals surface area contributed by atoms with Gasteiger partial charge in [-0.25, -0.2) is 0 Å². The van der Waals surface area contributed by atoms with Gasteiger partial charge in [0.25, 0.3) is 0 Å². The van der Waals surface area contributed by atoms with Gasteiger partial charge in [0.2, 0.25) is 0 Å². The standard InChI is InChI=1S/C10H13NO4/c1-7-4-3-5-9(11(13)14)10(7)15-6-8(2)12/h3-5,8,12H,6H2,1-2H3/t8-/m1/s1. The van der Waals surface area contributed by atoms with Gasteiger partial charge in [-0.2, -0.15) is 0 Å². The Bertz CT molecular complexity index is 362. The van der Waals surface area contributed by atoms with Gasteiger partial charge in [0.15, 0.2) is 5.75 Å². The van der Waals surface area contributed by atoms with Crippen molar-refractivity contribution in [3.05, 3.63) is 33.9 Å². The predicted octanol–water partition coefficient (Wildman–Crippen LogP) is 1.66. The molecule has 1 rings (SSSR count). The first-order chi connectivity index (χ1) is 7.02. The van der Waals surface area contributed by atoms with E-state index in [1.54, 1.807) is 26.0 Å². The molecule has 1 atom stereocenters. The van der Waals surface area contributed by atoms with Gasteiger partial charge in [-0.3, -0.25) is 10.1 Å². The lowest BCUT2D eigenvalue weighted by molar-refractivity contribution is -0.386. The number of aryl methyl sites for hydroxylation is 1. The molecule has 0 aliphatic rings. The van der Waals surface area contributed by atoms with Crippen LogP contribution in [0.2, 0.25) is 0 Å². The Balaban J connectivity index is 2.97. The molecule has 0 spiro atoms. The third-order valence-electron chi connectivity index (χ3n) is 1.86. The second kappa shape index (κ2) is 4.75. The van der Waals surface area contributed by atoms with E-state index in [0.717, 1.165) is 0 Å². The van der Waals surface area contributed by atoms with Crippen LogP contribution in [0.1, 0.15) is 12.5 Å². The largest absolute Gasteiger partial charge is 0.484 e. The zero-order chi connectivity index (χ0) is 11.4. The van der Waals surface area contributed by atoms with E-state index in [-0.39, 0.29) is 18.0 Å². The van der Waals surface area contributed by atoms with Crippen molar-refractivity contribution >= 4 is 5.69 Å². The number of para-hydroxylation sites is 1. The second-order valence-electron chi connectivity index (χ2n) is 3.34. The fourth-order valence-corrected chi connectivity index (χ4v) is 1.17. The number of aliphatic hydroxyl groups excluding tert-OH is 1. The van der Waals surface area contributed by atoms with E-state index < -0.39 is 11.0 Å². The van der Waals surface area contributed by atoms with Crippen LogP contribution in [0.5, 0.6) is 5.75 Å². The fourth-order valence-electron chi connectivity index (χ4n) is 1.17. The summed E-state index contributed by atoms with van der Waals surface area (Å²) in [6.07, 6.45) is -0.649. The number of aliphatic hydroxyl groups is 1. The minimum absolute atomic E-state index is 0.0473. The quantitative estimate of drug-likeness (QED) is 0.607. The van der Waals surface area contributed by atoms with Gasteiger partial charge < -0.3 is 9.84 Å². The van der Waals surface area contributed by atoms with Gasteiger partial charge in [0.05, 0.1) is 11.0 Å². The number of benzene rings is 1. The first-order valence-corrected chi connectivity index (χ1v) is 4.57. The zero-order valence-corrected chi connectivity index (χ0v) is 8.64. The normalized spacial score (nSPS) is 12.2. The highest BCUT2D eigenvalue weighted by Crippen LogP contribution is 2.30. The van der Waals surface area contributed by atoms with Crippen LogP contribution in [-0.2, 0) is 0 Å². The molecule has 0 fully saturated rings. The van der Waals surface area contributed by atoms with Crippen LogP contribution in [0.4, 0.5) is 5.69 Å². The van der Waals surface area contributed by atoms with E-state index in [0.29, 0.717) is 5.56 Å². The molecule has 1 aromatic rings. The number of hydrogen-bond donors (Lipinski definition) is 1. The number of ether oxygens (including phenoxy) is 1. The molecular formula is C10H13NO4. The smallest absolute Gasteiger partial charge is 0.311 e. The minimum Gasteiger partial charge on any atom is -0.484 e. The first-order valence-electron chi connectivity index (χ1n) is 4.57. The van der Waals surface area contributed by atoms with E-state index in [1.165, 1.54) is 6.07 Å². The molecule has 0 aliphatic carbocycles. The van der Waals surface area contributed by atoms with E-state index in [1.807, 2.05) is 0 Å². The molecule has 0 heterocycles. The average Bonchev–Trinajstić information content (AvgIpc) is 2.15. The highest BCUT2D eigenvalue weighted by molar-refractivity contribution is 5.51. The number of nitrogens with zero attached hydrogens (tertiary/aromatic N) is 1. The van der Waals surface area contributed by atoms with Crippen molar-refractivity contribution in [1.82, 2.24) is 0 Å². The van der Waals surface area contributed by atoms with Crippen molar-refractivity contribution < 1.29 is 14.8 Å². The van der Waals surface area contributed by atoms with E-state index in [2.05, 4.69) is 0 Å². The maximum atomic E-state index is 10.7. The molecule has 5 nitrogen and oxygen atoms in total. The van der Waals surface area contributed by atoms with Crippen LogP contribution in [0, 0.1) is 17.0 Å². The van der Waals surface area contributed by atoms with E-state index in [9.17, 15) is 10.1 Å². The van der Waals surface area contributed by atoms with Gasteiger partial charge in [-0.1, -0.05) is 12.1 Å². The van der Waals surface area contributed by atoms with Crippen LogP contribution in [-0.4, -0.2) is 22.7 Å². The Labute approximate surface area is 87.5 Å². The molecule has 0 bridgehead atoms. The molecule has 5 heteroatoms. The number of hydrogen-bond acceptors (Lipinski definition) is 4. The summed E-state index contributed by atoms with van der Waals surface area (Å²) >= 11 is 0. The lowest BCUT2D eigenvalue weighted by Crippen LogP contribution is -2.14. The Kier molecular flexibility index (Phi) is 3.62. The van der Waals surface area contributed by atoms with Crippen molar-refractivity contribution in [2.45, 2.75) is 20.0 Å². The van der Waals surface area contributed by atoms with E-state index >= 15 is 0 Å².